The first-order valence-electron chi connectivity index (χ1n) is 9.17. The van der Waals surface area contributed by atoms with Gasteiger partial charge in [0.15, 0.2) is 11.6 Å². The van der Waals surface area contributed by atoms with Gasteiger partial charge in [0, 0.05) is 30.6 Å². The molecule has 7 heteroatoms. The molecule has 2 aromatic carbocycles. The number of piperidine rings is 1. The quantitative estimate of drug-likeness (QED) is 0.687. The fourth-order valence-corrected chi connectivity index (χ4v) is 3.78. The van der Waals surface area contributed by atoms with Gasteiger partial charge in [0.1, 0.15) is 18.0 Å². The van der Waals surface area contributed by atoms with E-state index in [2.05, 4.69) is 26.6 Å². The third-order valence-electron chi connectivity index (χ3n) is 5.24. The van der Waals surface area contributed by atoms with Crippen molar-refractivity contribution in [3.8, 4) is 16.9 Å². The van der Waals surface area contributed by atoms with Gasteiger partial charge in [-0.15, -0.1) is 0 Å². The van der Waals surface area contributed by atoms with Crippen LogP contribution in [0.15, 0.2) is 41.7 Å². The second-order valence-electron chi connectivity index (χ2n) is 7.05. The van der Waals surface area contributed by atoms with Crippen molar-refractivity contribution in [3.63, 3.8) is 0 Å². The van der Waals surface area contributed by atoms with Crippen LogP contribution in [-0.4, -0.2) is 41.4 Å². The molecule has 1 aliphatic rings. The second-order valence-corrected chi connectivity index (χ2v) is 7.05. The summed E-state index contributed by atoms with van der Waals surface area (Å²) in [5.74, 6) is -0.472. The minimum atomic E-state index is -0.762. The number of anilines is 1. The third kappa shape index (κ3) is 3.40. The molecule has 144 valence electrons. The average Bonchev–Trinajstić information content (AvgIpc) is 2.70. The Morgan fingerprint density at radius 1 is 1.14 bits per heavy atom. The maximum absolute atomic E-state index is 14.4. The van der Waals surface area contributed by atoms with Crippen molar-refractivity contribution in [2.45, 2.75) is 12.8 Å². The van der Waals surface area contributed by atoms with Crippen molar-refractivity contribution in [3.05, 3.63) is 48.3 Å². The lowest BCUT2D eigenvalue weighted by molar-refractivity contribution is 0.415. The molecule has 5 nitrogen and oxygen atoms in total. The van der Waals surface area contributed by atoms with E-state index >= 15 is 0 Å². The molecular weight excluding hydrogens is 362 g/mol. The number of benzene rings is 2. The Bertz CT molecular complexity index is 1030. The van der Waals surface area contributed by atoms with E-state index in [0.717, 1.165) is 32.5 Å². The van der Waals surface area contributed by atoms with E-state index in [1.54, 1.807) is 6.07 Å². The van der Waals surface area contributed by atoms with Crippen LogP contribution in [0.3, 0.4) is 0 Å². The van der Waals surface area contributed by atoms with Crippen molar-refractivity contribution in [1.29, 1.82) is 0 Å². The van der Waals surface area contributed by atoms with Gasteiger partial charge >= 0.3 is 0 Å². The highest BCUT2D eigenvalue weighted by molar-refractivity contribution is 5.99. The minimum Gasteiger partial charge on any atom is -0.505 e. The van der Waals surface area contributed by atoms with Gasteiger partial charge in [-0.1, -0.05) is 6.07 Å². The molecule has 0 aliphatic carbocycles. The Kier molecular flexibility index (Phi) is 4.90. The van der Waals surface area contributed by atoms with Crippen molar-refractivity contribution in [2.24, 2.45) is 10.9 Å². The largest absolute Gasteiger partial charge is 0.505 e. The van der Waals surface area contributed by atoms with Crippen molar-refractivity contribution in [1.82, 2.24) is 9.97 Å². The smallest absolute Gasteiger partial charge is 0.165 e. The van der Waals surface area contributed by atoms with Crippen LogP contribution in [0.5, 0.6) is 5.75 Å². The number of aromatic nitrogens is 2. The summed E-state index contributed by atoms with van der Waals surface area (Å²) in [6, 6.07) is 6.72. The first-order valence-corrected chi connectivity index (χ1v) is 9.17. The Morgan fingerprint density at radius 3 is 2.64 bits per heavy atom. The van der Waals surface area contributed by atoms with Crippen LogP contribution >= 0.6 is 0 Å². The van der Waals surface area contributed by atoms with E-state index in [1.807, 2.05) is 0 Å². The van der Waals surface area contributed by atoms with Crippen LogP contribution < -0.4 is 4.90 Å². The summed E-state index contributed by atoms with van der Waals surface area (Å²) in [5, 5.41) is 10.0. The summed E-state index contributed by atoms with van der Waals surface area (Å²) in [5.41, 5.74) is 1.45. The molecular formula is C21H20F2N4O. The molecule has 1 aromatic heterocycles. The zero-order chi connectivity index (χ0) is 19.7. The van der Waals surface area contributed by atoms with Crippen LogP contribution in [0, 0.1) is 17.6 Å². The predicted octanol–water partition coefficient (Wildman–Crippen LogP) is 4.20. The molecule has 1 fully saturated rings. The lowest BCUT2D eigenvalue weighted by Gasteiger charge is -2.32. The molecule has 0 amide bonds. The lowest BCUT2D eigenvalue weighted by Crippen LogP contribution is -2.35. The van der Waals surface area contributed by atoms with E-state index in [1.165, 1.54) is 30.6 Å². The van der Waals surface area contributed by atoms with Gasteiger partial charge < -0.3 is 15.0 Å². The van der Waals surface area contributed by atoms with Crippen molar-refractivity contribution < 1.29 is 13.9 Å². The summed E-state index contributed by atoms with van der Waals surface area (Å²) in [6.45, 7) is 5.91. The monoisotopic (exact) mass is 382 g/mol. The maximum atomic E-state index is 14.4. The topological polar surface area (TPSA) is 61.6 Å². The number of rotatable bonds is 4. The molecule has 0 saturated carbocycles. The number of aromatic hydroxyl groups is 1. The van der Waals surface area contributed by atoms with E-state index in [0.29, 0.717) is 33.8 Å². The van der Waals surface area contributed by atoms with E-state index in [-0.39, 0.29) is 0 Å². The first-order chi connectivity index (χ1) is 13.6. The van der Waals surface area contributed by atoms with Gasteiger partial charge in [-0.2, -0.15) is 0 Å². The van der Waals surface area contributed by atoms with Gasteiger partial charge in [-0.3, -0.25) is 0 Å². The van der Waals surface area contributed by atoms with Crippen molar-refractivity contribution >= 4 is 23.4 Å². The number of halogens is 2. The molecule has 0 bridgehead atoms. The first kappa shape index (κ1) is 18.3. The van der Waals surface area contributed by atoms with Gasteiger partial charge in [0.25, 0.3) is 0 Å². The molecule has 0 radical (unpaired) electrons. The van der Waals surface area contributed by atoms with E-state index in [4.69, 9.17) is 0 Å². The van der Waals surface area contributed by atoms with Crippen LogP contribution in [-0.2, 0) is 0 Å². The highest BCUT2D eigenvalue weighted by Gasteiger charge is 2.22. The summed E-state index contributed by atoms with van der Waals surface area (Å²) >= 11 is 0. The molecule has 1 N–H and O–H groups in total. The number of nitrogens with zero attached hydrogens (tertiary/aromatic N) is 4. The fraction of sp³-hybridized carbons (Fsp3) is 0.286. The third-order valence-corrected chi connectivity index (χ3v) is 5.24. The van der Waals surface area contributed by atoms with Gasteiger partial charge in [0.2, 0.25) is 0 Å². The van der Waals surface area contributed by atoms with E-state index < -0.39 is 17.4 Å². The van der Waals surface area contributed by atoms with Gasteiger partial charge in [0.05, 0.1) is 5.52 Å². The zero-order valence-corrected chi connectivity index (χ0v) is 15.3. The number of hydrogen-bond acceptors (Lipinski definition) is 5. The minimum absolute atomic E-state index is 0.445. The standard InChI is InChI=1S/C21H20F2N4O/c1-24-11-13-4-6-27(7-5-13)21-17-10-15(22)9-16(20(17)25-12-26-21)14-2-3-19(28)18(23)8-14/h2-3,8-10,12-13,28H,1,4-7,11H2. The molecule has 4 rings (SSSR count). The highest BCUT2D eigenvalue weighted by atomic mass is 19.1. The number of fused-ring (bicyclic) bond motifs is 1. The molecule has 0 atom stereocenters. The molecule has 1 aliphatic heterocycles. The van der Waals surface area contributed by atoms with Crippen LogP contribution in [0.1, 0.15) is 12.8 Å². The molecule has 28 heavy (non-hydrogen) atoms. The van der Waals surface area contributed by atoms with Crippen LogP contribution in [0.4, 0.5) is 14.6 Å². The number of phenolic OH excluding ortho intramolecular Hbond substituents is 1. The SMILES string of the molecule is C=NCC1CCN(c2ncnc3c(-c4ccc(O)c(F)c4)cc(F)cc23)CC1. The number of hydrogen-bond donors (Lipinski definition) is 1. The Hall–Kier alpha value is -3.09. The molecule has 3 aromatic rings. The maximum Gasteiger partial charge on any atom is 0.165 e. The Labute approximate surface area is 161 Å². The van der Waals surface area contributed by atoms with Crippen LogP contribution in [0.2, 0.25) is 0 Å². The molecule has 1 saturated heterocycles. The average molecular weight is 382 g/mol. The molecule has 2 heterocycles. The molecule has 0 spiro atoms. The van der Waals surface area contributed by atoms with Crippen LogP contribution in [0.25, 0.3) is 22.0 Å². The van der Waals surface area contributed by atoms with E-state index in [9.17, 15) is 13.9 Å². The summed E-state index contributed by atoms with van der Waals surface area (Å²) in [6.07, 6.45) is 3.39. The molecule has 0 unspecified atom stereocenters. The van der Waals surface area contributed by atoms with Gasteiger partial charge in [-0.05, 0) is 55.3 Å². The summed E-state index contributed by atoms with van der Waals surface area (Å²) in [4.78, 5) is 14.9. The van der Waals surface area contributed by atoms with Crippen molar-refractivity contribution in [2.75, 3.05) is 24.5 Å². The Balaban J connectivity index is 1.77. The highest BCUT2D eigenvalue weighted by Crippen LogP contribution is 2.35. The normalized spacial score (nSPS) is 15.1. The lowest BCUT2D eigenvalue weighted by atomic mass is 9.96. The number of aliphatic imine (C=N–C) groups is 1. The summed E-state index contributed by atoms with van der Waals surface area (Å²) in [7, 11) is 0. The van der Waals surface area contributed by atoms with Gasteiger partial charge in [-0.25, -0.2) is 18.7 Å². The fourth-order valence-electron chi connectivity index (χ4n) is 3.78. The zero-order valence-electron chi connectivity index (χ0n) is 15.3. The Morgan fingerprint density at radius 2 is 1.93 bits per heavy atom. The second kappa shape index (κ2) is 7.50. The number of phenols is 1. The summed E-state index contributed by atoms with van der Waals surface area (Å²) < 4.78 is 28.3. The predicted molar refractivity (Wildman–Crippen MR) is 106 cm³/mol.